The average Bonchev–Trinajstić information content (AvgIpc) is 3.29. The monoisotopic (exact) mass is 344 g/mol. The first-order valence-corrected chi connectivity index (χ1v) is 8.11. The highest BCUT2D eigenvalue weighted by molar-refractivity contribution is 6.00. The van der Waals surface area contributed by atoms with Crippen molar-refractivity contribution in [1.29, 1.82) is 0 Å². The third-order valence-corrected chi connectivity index (χ3v) is 3.93. The molecule has 0 atom stereocenters. The van der Waals surface area contributed by atoms with Crippen LogP contribution in [0.4, 0.5) is 5.69 Å². The average molecular weight is 344 g/mol. The van der Waals surface area contributed by atoms with E-state index in [-0.39, 0.29) is 12.5 Å². The number of aromatic nitrogens is 4. The van der Waals surface area contributed by atoms with Crippen LogP contribution in [0, 0.1) is 0 Å². The minimum absolute atomic E-state index is 0.0840. The Bertz CT molecular complexity index is 1050. The number of nitrogens with one attached hydrogen (secondary N) is 1. The van der Waals surface area contributed by atoms with Gasteiger partial charge in [-0.25, -0.2) is 4.68 Å². The van der Waals surface area contributed by atoms with Gasteiger partial charge in [0, 0.05) is 28.4 Å². The van der Waals surface area contributed by atoms with Gasteiger partial charge in [-0.1, -0.05) is 36.4 Å². The number of hydrogen-bond acceptors (Lipinski definition) is 4. The Balaban J connectivity index is 1.60. The van der Waals surface area contributed by atoms with Crippen LogP contribution in [0.25, 0.3) is 10.9 Å². The predicted molar refractivity (Wildman–Crippen MR) is 100 cm³/mol. The van der Waals surface area contributed by atoms with Crippen molar-refractivity contribution in [1.82, 2.24) is 19.4 Å². The van der Waals surface area contributed by atoms with Crippen molar-refractivity contribution in [2.24, 2.45) is 5.10 Å². The van der Waals surface area contributed by atoms with Gasteiger partial charge in [0.05, 0.1) is 6.21 Å². The Kier molecular flexibility index (Phi) is 4.26. The molecule has 0 aliphatic heterocycles. The molecular formula is C19H16N6O. The SMILES string of the molecule is O=C(Cn1cc(/C=N/n2cnnc2)c2ccccc21)Nc1ccccc1. The summed E-state index contributed by atoms with van der Waals surface area (Å²) in [5.74, 6) is -0.0840. The lowest BCUT2D eigenvalue weighted by Crippen LogP contribution is -2.18. The van der Waals surface area contributed by atoms with Gasteiger partial charge in [0.25, 0.3) is 0 Å². The topological polar surface area (TPSA) is 77.1 Å². The molecule has 0 bridgehead atoms. The zero-order chi connectivity index (χ0) is 17.8. The molecule has 0 aliphatic carbocycles. The molecule has 2 heterocycles. The predicted octanol–water partition coefficient (Wildman–Crippen LogP) is 2.75. The summed E-state index contributed by atoms with van der Waals surface area (Å²) in [5.41, 5.74) is 2.67. The van der Waals surface area contributed by atoms with Crippen molar-refractivity contribution in [2.75, 3.05) is 5.32 Å². The molecule has 0 fully saturated rings. The van der Waals surface area contributed by atoms with Crippen molar-refractivity contribution in [3.05, 3.63) is 79.0 Å². The van der Waals surface area contributed by atoms with Crippen LogP contribution in [-0.4, -0.2) is 31.6 Å². The third-order valence-electron chi connectivity index (χ3n) is 3.93. The van der Waals surface area contributed by atoms with Crippen LogP contribution in [0.1, 0.15) is 5.56 Å². The Morgan fingerprint density at radius 1 is 1.04 bits per heavy atom. The molecule has 4 aromatic rings. The Morgan fingerprint density at radius 3 is 2.58 bits per heavy atom. The van der Waals surface area contributed by atoms with E-state index in [4.69, 9.17) is 0 Å². The fourth-order valence-electron chi connectivity index (χ4n) is 2.77. The quantitative estimate of drug-likeness (QED) is 0.566. The second-order valence-electron chi connectivity index (χ2n) is 5.73. The maximum Gasteiger partial charge on any atom is 0.244 e. The molecule has 7 heteroatoms. The molecule has 0 saturated carbocycles. The minimum atomic E-state index is -0.0840. The Morgan fingerprint density at radius 2 is 1.77 bits per heavy atom. The summed E-state index contributed by atoms with van der Waals surface area (Å²) in [5, 5.41) is 15.7. The number of carbonyl (C=O) groups excluding carboxylic acids is 1. The zero-order valence-electron chi connectivity index (χ0n) is 13.9. The van der Waals surface area contributed by atoms with Crippen molar-refractivity contribution >= 4 is 28.7 Å². The second kappa shape index (κ2) is 7.02. The molecular weight excluding hydrogens is 328 g/mol. The molecule has 1 N–H and O–H groups in total. The van der Waals surface area contributed by atoms with E-state index in [0.717, 1.165) is 22.2 Å². The maximum atomic E-state index is 12.4. The molecule has 2 aromatic carbocycles. The van der Waals surface area contributed by atoms with Gasteiger partial charge in [0.15, 0.2) is 0 Å². The summed E-state index contributed by atoms with van der Waals surface area (Å²) >= 11 is 0. The van der Waals surface area contributed by atoms with Crippen LogP contribution in [-0.2, 0) is 11.3 Å². The number of para-hydroxylation sites is 2. The number of hydrogen-bond donors (Lipinski definition) is 1. The van der Waals surface area contributed by atoms with Crippen LogP contribution in [0.3, 0.4) is 0 Å². The lowest BCUT2D eigenvalue weighted by molar-refractivity contribution is -0.116. The van der Waals surface area contributed by atoms with E-state index in [0.29, 0.717) is 0 Å². The molecule has 26 heavy (non-hydrogen) atoms. The van der Waals surface area contributed by atoms with Gasteiger partial charge in [0.2, 0.25) is 5.91 Å². The van der Waals surface area contributed by atoms with Crippen LogP contribution in [0.2, 0.25) is 0 Å². The van der Waals surface area contributed by atoms with Gasteiger partial charge in [-0.3, -0.25) is 4.79 Å². The molecule has 128 valence electrons. The molecule has 1 amide bonds. The number of nitrogens with zero attached hydrogens (tertiary/aromatic N) is 5. The smallest absolute Gasteiger partial charge is 0.244 e. The molecule has 2 aromatic heterocycles. The first-order valence-electron chi connectivity index (χ1n) is 8.11. The van der Waals surface area contributed by atoms with Crippen LogP contribution >= 0.6 is 0 Å². The molecule has 4 rings (SSSR count). The minimum Gasteiger partial charge on any atom is -0.337 e. The van der Waals surface area contributed by atoms with E-state index in [9.17, 15) is 4.79 Å². The van der Waals surface area contributed by atoms with Gasteiger partial charge in [-0.2, -0.15) is 5.10 Å². The summed E-state index contributed by atoms with van der Waals surface area (Å²) in [6.45, 7) is 0.218. The molecule has 0 aliphatic rings. The second-order valence-corrected chi connectivity index (χ2v) is 5.73. The number of amides is 1. The van der Waals surface area contributed by atoms with Crippen molar-refractivity contribution in [3.8, 4) is 0 Å². The molecule has 0 unspecified atom stereocenters. The van der Waals surface area contributed by atoms with Gasteiger partial charge in [0.1, 0.15) is 19.2 Å². The van der Waals surface area contributed by atoms with Crippen LogP contribution in [0.15, 0.2) is 78.6 Å². The van der Waals surface area contributed by atoms with Crippen molar-refractivity contribution in [2.45, 2.75) is 6.54 Å². The lowest BCUT2D eigenvalue weighted by atomic mass is 10.2. The van der Waals surface area contributed by atoms with E-state index < -0.39 is 0 Å². The molecule has 0 spiro atoms. The third kappa shape index (κ3) is 3.36. The first-order chi connectivity index (χ1) is 12.8. The Hall–Kier alpha value is -3.74. The summed E-state index contributed by atoms with van der Waals surface area (Å²) < 4.78 is 3.44. The normalized spacial score (nSPS) is 11.2. The summed E-state index contributed by atoms with van der Waals surface area (Å²) in [6, 6.07) is 17.3. The molecule has 0 radical (unpaired) electrons. The molecule has 0 saturated heterocycles. The van der Waals surface area contributed by atoms with Crippen molar-refractivity contribution in [3.63, 3.8) is 0 Å². The summed E-state index contributed by atoms with van der Waals surface area (Å²) in [6.07, 6.45) is 6.69. The number of carbonyl (C=O) groups is 1. The van der Waals surface area contributed by atoms with Crippen molar-refractivity contribution < 1.29 is 4.79 Å². The Labute approximate surface area is 149 Å². The maximum absolute atomic E-state index is 12.4. The van der Waals surface area contributed by atoms with Crippen LogP contribution < -0.4 is 5.32 Å². The number of fused-ring (bicyclic) bond motifs is 1. The largest absolute Gasteiger partial charge is 0.337 e. The van der Waals surface area contributed by atoms with Gasteiger partial charge in [-0.15, -0.1) is 10.2 Å². The lowest BCUT2D eigenvalue weighted by Gasteiger charge is -2.07. The molecule has 7 nitrogen and oxygen atoms in total. The van der Waals surface area contributed by atoms with E-state index >= 15 is 0 Å². The van der Waals surface area contributed by atoms with Gasteiger partial charge < -0.3 is 9.88 Å². The highest BCUT2D eigenvalue weighted by atomic mass is 16.1. The van der Waals surface area contributed by atoms with Crippen LogP contribution in [0.5, 0.6) is 0 Å². The van der Waals surface area contributed by atoms with E-state index in [1.165, 1.54) is 17.3 Å². The van der Waals surface area contributed by atoms with Gasteiger partial charge >= 0.3 is 0 Å². The highest BCUT2D eigenvalue weighted by Gasteiger charge is 2.10. The number of rotatable bonds is 5. The fourth-order valence-corrected chi connectivity index (χ4v) is 2.77. The number of benzene rings is 2. The first kappa shape index (κ1) is 15.8. The van der Waals surface area contributed by atoms with Gasteiger partial charge in [-0.05, 0) is 18.2 Å². The van der Waals surface area contributed by atoms with E-state index in [1.807, 2.05) is 65.4 Å². The fraction of sp³-hybridized carbons (Fsp3) is 0.0526. The number of anilines is 1. The summed E-state index contributed by atoms with van der Waals surface area (Å²) in [4.78, 5) is 12.4. The zero-order valence-corrected chi connectivity index (χ0v) is 13.9. The highest BCUT2D eigenvalue weighted by Crippen LogP contribution is 2.20. The standard InChI is InChI=1S/C19H16N6O/c26-19(23-16-6-2-1-3-7-16)12-24-11-15(10-22-25-13-20-21-14-25)17-8-4-5-9-18(17)24/h1-11,13-14H,12H2,(H,23,26)/b22-10+. The van der Waals surface area contributed by atoms with E-state index in [2.05, 4.69) is 20.6 Å². The summed E-state index contributed by atoms with van der Waals surface area (Å²) in [7, 11) is 0. The van der Waals surface area contributed by atoms with E-state index in [1.54, 1.807) is 6.21 Å².